The van der Waals surface area contributed by atoms with Gasteiger partial charge in [0.1, 0.15) is 0 Å². The van der Waals surface area contributed by atoms with Crippen LogP contribution in [-0.4, -0.2) is 23.5 Å². The van der Waals surface area contributed by atoms with Crippen LogP contribution in [0.15, 0.2) is 59.8 Å². The lowest BCUT2D eigenvalue weighted by atomic mass is 10.1. The lowest BCUT2D eigenvalue weighted by Crippen LogP contribution is -2.25. The van der Waals surface area contributed by atoms with Crippen LogP contribution in [0.2, 0.25) is 0 Å². The number of carbonyl (C=O) groups excluding carboxylic acids is 2. The Labute approximate surface area is 144 Å². The summed E-state index contributed by atoms with van der Waals surface area (Å²) >= 11 is 5.55. The van der Waals surface area contributed by atoms with E-state index in [4.69, 9.17) is 16.4 Å². The van der Waals surface area contributed by atoms with Gasteiger partial charge >= 0.3 is 5.97 Å². The summed E-state index contributed by atoms with van der Waals surface area (Å²) in [6, 6.07) is 16.5. The smallest absolute Gasteiger partial charge is 0.317 e. The Hall–Kier alpha value is -2.66. The first-order valence-electron chi connectivity index (χ1n) is 7.55. The van der Waals surface area contributed by atoms with E-state index in [0.717, 1.165) is 5.69 Å². The largest absolute Gasteiger partial charge is 0.335 e. The summed E-state index contributed by atoms with van der Waals surface area (Å²) in [5.74, 6) is -0.464. The second kappa shape index (κ2) is 7.27. The summed E-state index contributed by atoms with van der Waals surface area (Å²) in [5.41, 5.74) is 2.20. The fraction of sp³-hybridized carbons (Fsp3) is 0.167. The molecule has 2 aromatic rings. The van der Waals surface area contributed by atoms with Gasteiger partial charge in [-0.05, 0) is 24.6 Å². The zero-order chi connectivity index (χ0) is 16.9. The van der Waals surface area contributed by atoms with Crippen LogP contribution in [-0.2, 0) is 14.4 Å². The molecule has 3 rings (SSSR count). The van der Waals surface area contributed by atoms with Gasteiger partial charge in [-0.15, -0.1) is 11.6 Å². The Balaban J connectivity index is 1.92. The molecule has 0 atom stereocenters. The molecule has 6 heteroatoms. The van der Waals surface area contributed by atoms with Crippen molar-refractivity contribution in [1.82, 2.24) is 0 Å². The van der Waals surface area contributed by atoms with Crippen LogP contribution >= 0.6 is 11.6 Å². The summed E-state index contributed by atoms with van der Waals surface area (Å²) in [4.78, 5) is 30.8. The molecule has 0 unspecified atom stereocenters. The normalized spacial score (nSPS) is 14.8. The summed E-state index contributed by atoms with van der Waals surface area (Å²) in [7, 11) is 0. The zero-order valence-corrected chi connectivity index (χ0v) is 13.6. The van der Waals surface area contributed by atoms with Crippen LogP contribution in [0, 0.1) is 0 Å². The molecular weight excluding hydrogens is 328 g/mol. The summed E-state index contributed by atoms with van der Waals surface area (Å²) < 4.78 is 0. The number of hydrogen-bond donors (Lipinski definition) is 0. The molecule has 0 saturated carbocycles. The van der Waals surface area contributed by atoms with Gasteiger partial charge in [-0.25, -0.2) is 4.79 Å². The predicted molar refractivity (Wildman–Crippen MR) is 92.6 cm³/mol. The Morgan fingerprint density at radius 3 is 2.54 bits per heavy atom. The van der Waals surface area contributed by atoms with Crippen LogP contribution in [0.1, 0.15) is 18.4 Å². The average molecular weight is 343 g/mol. The average Bonchev–Trinajstić information content (AvgIpc) is 2.90. The summed E-state index contributed by atoms with van der Waals surface area (Å²) in [6.45, 7) is 0. The van der Waals surface area contributed by atoms with Crippen molar-refractivity contribution in [3.8, 4) is 0 Å². The van der Waals surface area contributed by atoms with Crippen molar-refractivity contribution in [3.05, 3.63) is 60.2 Å². The molecule has 0 bridgehead atoms. The number of nitrogens with zero attached hydrogens (tertiary/aromatic N) is 2. The highest BCUT2D eigenvalue weighted by atomic mass is 35.5. The van der Waals surface area contributed by atoms with E-state index in [1.54, 1.807) is 11.0 Å². The third kappa shape index (κ3) is 3.16. The molecular formula is C18H15ClN2O3. The zero-order valence-electron chi connectivity index (χ0n) is 12.8. The topological polar surface area (TPSA) is 59.0 Å². The highest BCUT2D eigenvalue weighted by molar-refractivity contribution is 6.55. The monoisotopic (exact) mass is 342 g/mol. The molecule has 24 heavy (non-hydrogen) atoms. The van der Waals surface area contributed by atoms with Gasteiger partial charge in [0, 0.05) is 23.6 Å². The van der Waals surface area contributed by atoms with Crippen LogP contribution in [0.25, 0.3) is 0 Å². The lowest BCUT2D eigenvalue weighted by molar-refractivity contribution is -0.143. The summed E-state index contributed by atoms with van der Waals surface area (Å²) in [5, 5.41) is 3.81. The predicted octanol–water partition coefficient (Wildman–Crippen LogP) is 3.63. The quantitative estimate of drug-likeness (QED) is 0.473. The molecule has 0 fully saturated rings. The van der Waals surface area contributed by atoms with E-state index in [1.165, 1.54) is 0 Å². The van der Waals surface area contributed by atoms with Crippen LogP contribution in [0.3, 0.4) is 0 Å². The van der Waals surface area contributed by atoms with Gasteiger partial charge in [-0.2, -0.15) is 0 Å². The van der Waals surface area contributed by atoms with E-state index >= 15 is 0 Å². The Kier molecular flexibility index (Phi) is 4.91. The first-order valence-corrected chi connectivity index (χ1v) is 8.08. The van der Waals surface area contributed by atoms with Gasteiger partial charge in [-0.1, -0.05) is 41.6 Å². The van der Waals surface area contributed by atoms with Crippen molar-refractivity contribution >= 4 is 40.6 Å². The number of hydrogen-bond acceptors (Lipinski definition) is 4. The van der Waals surface area contributed by atoms with Gasteiger partial charge in [0.05, 0.1) is 5.69 Å². The Bertz CT molecular complexity index is 790. The maximum atomic E-state index is 12.8. The number of para-hydroxylation sites is 2. The highest BCUT2D eigenvalue weighted by Crippen LogP contribution is 2.35. The molecule has 1 aliphatic heterocycles. The lowest BCUT2D eigenvalue weighted by Gasteiger charge is -2.16. The van der Waals surface area contributed by atoms with Gasteiger partial charge < -0.3 is 4.84 Å². The minimum absolute atomic E-state index is 0.119. The highest BCUT2D eigenvalue weighted by Gasteiger charge is 2.35. The molecule has 0 N–H and O–H groups in total. The third-order valence-electron chi connectivity index (χ3n) is 3.57. The Morgan fingerprint density at radius 2 is 1.79 bits per heavy atom. The van der Waals surface area contributed by atoms with E-state index in [-0.39, 0.29) is 18.0 Å². The molecule has 1 heterocycles. The first kappa shape index (κ1) is 16.2. The SMILES string of the molecule is O=C(CCCCl)ON=C1C(=O)N(c2ccccc2)c2ccccc21. The fourth-order valence-corrected chi connectivity index (χ4v) is 2.61. The Morgan fingerprint density at radius 1 is 1.08 bits per heavy atom. The summed E-state index contributed by atoms with van der Waals surface area (Å²) in [6.07, 6.45) is 0.671. The van der Waals surface area contributed by atoms with Crippen molar-refractivity contribution in [3.63, 3.8) is 0 Å². The van der Waals surface area contributed by atoms with Crippen LogP contribution < -0.4 is 4.90 Å². The van der Waals surface area contributed by atoms with E-state index in [0.29, 0.717) is 23.6 Å². The standard InChI is InChI=1S/C18H15ClN2O3/c19-12-6-11-16(22)24-20-17-14-9-4-5-10-15(14)21(18(17)23)13-7-2-1-3-8-13/h1-5,7-10H,6,11-12H2. The first-order chi connectivity index (χ1) is 11.7. The van der Waals surface area contributed by atoms with E-state index in [9.17, 15) is 9.59 Å². The van der Waals surface area contributed by atoms with Gasteiger partial charge in [0.25, 0.3) is 5.91 Å². The van der Waals surface area contributed by atoms with Crippen molar-refractivity contribution in [2.75, 3.05) is 10.8 Å². The fourth-order valence-electron chi connectivity index (χ4n) is 2.47. The minimum atomic E-state index is -0.508. The number of rotatable bonds is 5. The second-order valence-corrected chi connectivity index (χ2v) is 5.57. The number of benzene rings is 2. The molecule has 2 aromatic carbocycles. The van der Waals surface area contributed by atoms with Crippen molar-refractivity contribution < 1.29 is 14.4 Å². The van der Waals surface area contributed by atoms with E-state index in [1.807, 2.05) is 48.5 Å². The molecule has 1 aliphatic rings. The van der Waals surface area contributed by atoms with Gasteiger partial charge in [-0.3, -0.25) is 9.69 Å². The number of fused-ring (bicyclic) bond motifs is 1. The molecule has 0 saturated heterocycles. The number of oxime groups is 1. The van der Waals surface area contributed by atoms with Crippen LogP contribution in [0.5, 0.6) is 0 Å². The third-order valence-corrected chi connectivity index (χ3v) is 3.84. The molecule has 0 aliphatic carbocycles. The number of carbonyl (C=O) groups is 2. The molecule has 5 nitrogen and oxygen atoms in total. The second-order valence-electron chi connectivity index (χ2n) is 5.19. The van der Waals surface area contributed by atoms with Crippen molar-refractivity contribution in [1.29, 1.82) is 0 Å². The van der Waals surface area contributed by atoms with Gasteiger partial charge in [0.15, 0.2) is 5.71 Å². The molecule has 0 spiro atoms. The van der Waals surface area contributed by atoms with Crippen molar-refractivity contribution in [2.45, 2.75) is 12.8 Å². The number of amides is 1. The maximum absolute atomic E-state index is 12.8. The number of halogens is 1. The molecule has 0 aromatic heterocycles. The van der Waals surface area contributed by atoms with E-state index < -0.39 is 5.97 Å². The van der Waals surface area contributed by atoms with Crippen LogP contribution in [0.4, 0.5) is 11.4 Å². The maximum Gasteiger partial charge on any atom is 0.335 e. The van der Waals surface area contributed by atoms with Crippen molar-refractivity contribution in [2.24, 2.45) is 5.16 Å². The molecule has 1 amide bonds. The number of alkyl halides is 1. The number of anilines is 2. The van der Waals surface area contributed by atoms with E-state index in [2.05, 4.69) is 5.16 Å². The molecule has 122 valence electrons. The molecule has 0 radical (unpaired) electrons. The minimum Gasteiger partial charge on any atom is -0.317 e. The van der Waals surface area contributed by atoms with Gasteiger partial charge in [0.2, 0.25) is 0 Å².